The van der Waals surface area contributed by atoms with Gasteiger partial charge in [0.15, 0.2) is 5.96 Å². The maximum absolute atomic E-state index is 12.8. The molecule has 0 saturated carbocycles. The fourth-order valence-electron chi connectivity index (χ4n) is 1.42. The van der Waals surface area contributed by atoms with Gasteiger partial charge in [0.2, 0.25) is 0 Å². The SMILES string of the molecule is NC1=NCC(c2cc(F)cc(F)c2)N1. The van der Waals surface area contributed by atoms with Crippen molar-refractivity contribution in [2.75, 3.05) is 6.54 Å². The van der Waals surface area contributed by atoms with Crippen LogP contribution >= 0.6 is 0 Å². The third-order valence-corrected chi connectivity index (χ3v) is 2.05. The highest BCUT2D eigenvalue weighted by molar-refractivity contribution is 5.80. The molecule has 0 radical (unpaired) electrons. The maximum Gasteiger partial charge on any atom is 0.189 e. The molecule has 1 heterocycles. The topological polar surface area (TPSA) is 50.4 Å². The van der Waals surface area contributed by atoms with Crippen LogP contribution in [0.25, 0.3) is 0 Å². The zero-order valence-corrected chi connectivity index (χ0v) is 7.30. The first kappa shape index (κ1) is 8.93. The number of aliphatic imine (C=N–C) groups is 1. The smallest absolute Gasteiger partial charge is 0.189 e. The van der Waals surface area contributed by atoms with E-state index in [4.69, 9.17) is 5.73 Å². The first-order valence-electron chi connectivity index (χ1n) is 4.17. The third kappa shape index (κ3) is 1.66. The molecule has 5 heteroatoms. The fraction of sp³-hybridized carbons (Fsp3) is 0.222. The zero-order chi connectivity index (χ0) is 10.1. The van der Waals surface area contributed by atoms with Gasteiger partial charge >= 0.3 is 0 Å². The molecule has 1 aliphatic heterocycles. The predicted molar refractivity (Wildman–Crippen MR) is 48.7 cm³/mol. The molecule has 0 aliphatic carbocycles. The Morgan fingerprint density at radius 3 is 2.43 bits per heavy atom. The van der Waals surface area contributed by atoms with E-state index in [2.05, 4.69) is 10.3 Å². The summed E-state index contributed by atoms with van der Waals surface area (Å²) < 4.78 is 25.7. The molecule has 0 amide bonds. The molecule has 1 aliphatic rings. The van der Waals surface area contributed by atoms with Crippen LogP contribution in [0.5, 0.6) is 0 Å². The van der Waals surface area contributed by atoms with Crippen molar-refractivity contribution >= 4 is 5.96 Å². The van der Waals surface area contributed by atoms with Gasteiger partial charge in [0.1, 0.15) is 11.6 Å². The van der Waals surface area contributed by atoms with Crippen LogP contribution in [0.15, 0.2) is 23.2 Å². The molecule has 1 unspecified atom stereocenters. The summed E-state index contributed by atoms with van der Waals surface area (Å²) in [5.74, 6) is -0.876. The van der Waals surface area contributed by atoms with Gasteiger partial charge in [-0.15, -0.1) is 0 Å². The van der Waals surface area contributed by atoms with E-state index in [-0.39, 0.29) is 6.04 Å². The van der Waals surface area contributed by atoms with Crippen molar-refractivity contribution in [3.63, 3.8) is 0 Å². The van der Waals surface area contributed by atoms with Gasteiger partial charge in [-0.1, -0.05) is 0 Å². The monoisotopic (exact) mass is 197 g/mol. The van der Waals surface area contributed by atoms with Crippen LogP contribution < -0.4 is 11.1 Å². The van der Waals surface area contributed by atoms with Crippen LogP contribution in [0.1, 0.15) is 11.6 Å². The van der Waals surface area contributed by atoms with Crippen LogP contribution in [0.4, 0.5) is 8.78 Å². The Kier molecular flexibility index (Phi) is 2.07. The molecule has 2 rings (SSSR count). The number of benzene rings is 1. The molecule has 0 fully saturated rings. The van der Waals surface area contributed by atoms with Crippen molar-refractivity contribution in [3.05, 3.63) is 35.4 Å². The maximum atomic E-state index is 12.8. The van der Waals surface area contributed by atoms with Crippen molar-refractivity contribution in [1.29, 1.82) is 0 Å². The summed E-state index contributed by atoms with van der Waals surface area (Å²) in [5.41, 5.74) is 5.91. The third-order valence-electron chi connectivity index (χ3n) is 2.05. The van der Waals surface area contributed by atoms with Crippen LogP contribution in [-0.2, 0) is 0 Å². The van der Waals surface area contributed by atoms with Gasteiger partial charge < -0.3 is 11.1 Å². The number of nitrogens with zero attached hydrogens (tertiary/aromatic N) is 1. The quantitative estimate of drug-likeness (QED) is 0.703. The van der Waals surface area contributed by atoms with E-state index in [1.165, 1.54) is 12.1 Å². The summed E-state index contributed by atoms with van der Waals surface area (Å²) in [6.07, 6.45) is 0. The molecule has 3 nitrogen and oxygen atoms in total. The van der Waals surface area contributed by atoms with Gasteiger partial charge in [-0.25, -0.2) is 8.78 Å². The second kappa shape index (κ2) is 3.25. The minimum Gasteiger partial charge on any atom is -0.370 e. The zero-order valence-electron chi connectivity index (χ0n) is 7.30. The second-order valence-electron chi connectivity index (χ2n) is 3.13. The highest BCUT2D eigenvalue weighted by Gasteiger charge is 2.18. The second-order valence-corrected chi connectivity index (χ2v) is 3.13. The van der Waals surface area contributed by atoms with Crippen molar-refractivity contribution in [1.82, 2.24) is 5.32 Å². The molecule has 74 valence electrons. The lowest BCUT2D eigenvalue weighted by Gasteiger charge is -2.10. The van der Waals surface area contributed by atoms with Crippen molar-refractivity contribution < 1.29 is 8.78 Å². The molecular weight excluding hydrogens is 188 g/mol. The highest BCUT2D eigenvalue weighted by atomic mass is 19.1. The minimum atomic E-state index is -0.590. The number of rotatable bonds is 1. The Labute approximate surface area is 79.6 Å². The Hall–Kier alpha value is -1.65. The Balaban J connectivity index is 2.25. The van der Waals surface area contributed by atoms with Crippen LogP contribution in [-0.4, -0.2) is 12.5 Å². The van der Waals surface area contributed by atoms with Crippen LogP contribution in [0.2, 0.25) is 0 Å². The predicted octanol–water partition coefficient (Wildman–Crippen LogP) is 0.924. The molecule has 14 heavy (non-hydrogen) atoms. The Morgan fingerprint density at radius 2 is 1.93 bits per heavy atom. The lowest BCUT2D eigenvalue weighted by Crippen LogP contribution is -2.29. The molecular formula is C9H9F2N3. The van der Waals surface area contributed by atoms with Gasteiger partial charge in [-0.2, -0.15) is 0 Å². The van der Waals surface area contributed by atoms with Crippen LogP contribution in [0, 0.1) is 11.6 Å². The number of hydrogen-bond acceptors (Lipinski definition) is 3. The molecule has 0 bridgehead atoms. The first-order valence-corrected chi connectivity index (χ1v) is 4.17. The lowest BCUT2D eigenvalue weighted by molar-refractivity contribution is 0.572. The van der Waals surface area contributed by atoms with Gasteiger partial charge in [-0.05, 0) is 17.7 Å². The van der Waals surface area contributed by atoms with E-state index < -0.39 is 11.6 Å². The van der Waals surface area contributed by atoms with Gasteiger partial charge in [0.05, 0.1) is 12.6 Å². The molecule has 1 aromatic rings. The van der Waals surface area contributed by atoms with E-state index in [9.17, 15) is 8.78 Å². The standard InChI is InChI=1S/C9H9F2N3/c10-6-1-5(2-7(11)3-6)8-4-13-9(12)14-8/h1-3,8H,4H2,(H3,12,13,14). The molecule has 1 atom stereocenters. The van der Waals surface area contributed by atoms with Crippen molar-refractivity contribution in [3.8, 4) is 0 Å². The van der Waals surface area contributed by atoms with Gasteiger partial charge in [0, 0.05) is 6.07 Å². The number of hydrogen-bond donors (Lipinski definition) is 2. The Bertz CT molecular complexity index is 369. The molecule has 0 saturated heterocycles. The summed E-state index contributed by atoms with van der Waals surface area (Å²) in [7, 11) is 0. The summed E-state index contributed by atoms with van der Waals surface area (Å²) in [6, 6.07) is 3.16. The van der Waals surface area contributed by atoms with E-state index in [0.29, 0.717) is 18.1 Å². The van der Waals surface area contributed by atoms with Gasteiger partial charge in [-0.3, -0.25) is 4.99 Å². The van der Waals surface area contributed by atoms with E-state index >= 15 is 0 Å². The summed E-state index contributed by atoms with van der Waals surface area (Å²) in [6.45, 7) is 0.411. The minimum absolute atomic E-state index is 0.222. The van der Waals surface area contributed by atoms with E-state index in [1.807, 2.05) is 0 Å². The van der Waals surface area contributed by atoms with Crippen molar-refractivity contribution in [2.45, 2.75) is 6.04 Å². The van der Waals surface area contributed by atoms with Crippen molar-refractivity contribution in [2.24, 2.45) is 10.7 Å². The average Bonchev–Trinajstić information content (AvgIpc) is 2.50. The number of halogens is 2. The number of nitrogens with one attached hydrogen (secondary N) is 1. The van der Waals surface area contributed by atoms with Crippen LogP contribution in [0.3, 0.4) is 0 Å². The largest absolute Gasteiger partial charge is 0.370 e. The summed E-state index contributed by atoms with van der Waals surface area (Å²) >= 11 is 0. The van der Waals surface area contributed by atoms with E-state index in [0.717, 1.165) is 6.07 Å². The van der Waals surface area contributed by atoms with E-state index in [1.54, 1.807) is 0 Å². The molecule has 3 N–H and O–H groups in total. The highest BCUT2D eigenvalue weighted by Crippen LogP contribution is 2.18. The molecule has 0 spiro atoms. The fourth-order valence-corrected chi connectivity index (χ4v) is 1.42. The first-order chi connectivity index (χ1) is 6.65. The number of nitrogens with two attached hydrogens (primary N) is 1. The summed E-state index contributed by atoms with van der Waals surface area (Å²) in [4.78, 5) is 3.89. The molecule has 1 aromatic carbocycles. The number of guanidine groups is 1. The van der Waals surface area contributed by atoms with Gasteiger partial charge in [0.25, 0.3) is 0 Å². The lowest BCUT2D eigenvalue weighted by atomic mass is 10.1. The summed E-state index contributed by atoms with van der Waals surface area (Å²) in [5, 5.41) is 2.82. The average molecular weight is 197 g/mol. The molecule has 0 aromatic heterocycles. The normalized spacial score (nSPS) is 20.4. The Morgan fingerprint density at radius 1 is 1.29 bits per heavy atom.